The van der Waals surface area contributed by atoms with Gasteiger partial charge in [-0.3, -0.25) is 4.79 Å². The molecular weight excluding hydrogens is 352 g/mol. The zero-order chi connectivity index (χ0) is 14.0. The van der Waals surface area contributed by atoms with Crippen molar-refractivity contribution in [2.45, 2.75) is 19.8 Å². The van der Waals surface area contributed by atoms with Crippen molar-refractivity contribution >= 4 is 50.7 Å². The Labute approximate surface area is 127 Å². The lowest BCUT2D eigenvalue weighted by Gasteiger charge is -2.06. The maximum absolute atomic E-state index is 12.1. The molecule has 0 bridgehead atoms. The Morgan fingerprint density at radius 3 is 2.89 bits per heavy atom. The number of hydrogen-bond acceptors (Lipinski definition) is 5. The molecule has 8 heteroatoms. The van der Waals surface area contributed by atoms with Crippen LogP contribution in [0, 0.1) is 0 Å². The summed E-state index contributed by atoms with van der Waals surface area (Å²) in [7, 11) is 0. The Morgan fingerprint density at radius 1 is 1.53 bits per heavy atom. The third kappa shape index (κ3) is 3.29. The molecule has 0 spiro atoms. The number of pyridine rings is 1. The smallest absolute Gasteiger partial charge is 0.269 e. The average Bonchev–Trinajstić information content (AvgIpc) is 2.83. The van der Waals surface area contributed by atoms with E-state index in [2.05, 4.69) is 35.8 Å². The maximum Gasteiger partial charge on any atom is 0.269 e. The summed E-state index contributed by atoms with van der Waals surface area (Å²) in [5.74, 6) is -0.0932. The topological polar surface area (TPSA) is 67.8 Å². The van der Waals surface area contributed by atoms with E-state index >= 15 is 0 Å². The summed E-state index contributed by atoms with van der Waals surface area (Å²) < 4.78 is 4.45. The van der Waals surface area contributed by atoms with Crippen LogP contribution in [-0.2, 0) is 0 Å². The Morgan fingerprint density at radius 2 is 2.26 bits per heavy atom. The number of hydrogen-bond donors (Lipinski definition) is 1. The van der Waals surface area contributed by atoms with Crippen molar-refractivity contribution in [1.82, 2.24) is 14.6 Å². The number of rotatable bonds is 3. The third-order valence-corrected chi connectivity index (χ3v) is 4.19. The standard InChI is InChI=1S/C11H10BrClN4OS/c1-5(2)8-9(19-17-16-8)11(18)15-6-3-7(12)10(13)14-4-6/h3-5H,1-2H3,(H,15,18). The predicted molar refractivity (Wildman–Crippen MR) is 78.9 cm³/mol. The zero-order valence-electron chi connectivity index (χ0n) is 10.1. The fourth-order valence-electron chi connectivity index (χ4n) is 1.41. The molecule has 1 amide bonds. The monoisotopic (exact) mass is 360 g/mol. The van der Waals surface area contributed by atoms with E-state index in [4.69, 9.17) is 11.6 Å². The first kappa shape index (κ1) is 14.4. The summed E-state index contributed by atoms with van der Waals surface area (Å²) >= 11 is 10.1. The van der Waals surface area contributed by atoms with Gasteiger partial charge >= 0.3 is 0 Å². The maximum atomic E-state index is 12.1. The summed E-state index contributed by atoms with van der Waals surface area (Å²) in [5, 5.41) is 7.07. The minimum atomic E-state index is -0.241. The van der Waals surface area contributed by atoms with Crippen molar-refractivity contribution in [3.8, 4) is 0 Å². The summed E-state index contributed by atoms with van der Waals surface area (Å²) in [4.78, 5) is 16.6. The van der Waals surface area contributed by atoms with E-state index in [1.807, 2.05) is 13.8 Å². The highest BCUT2D eigenvalue weighted by molar-refractivity contribution is 9.10. The zero-order valence-corrected chi connectivity index (χ0v) is 13.3. The molecule has 2 aromatic rings. The summed E-state index contributed by atoms with van der Waals surface area (Å²) in [6.07, 6.45) is 1.49. The minimum Gasteiger partial charge on any atom is -0.320 e. The molecular formula is C11H10BrClN4OS. The van der Waals surface area contributed by atoms with Gasteiger partial charge in [-0.2, -0.15) is 0 Å². The van der Waals surface area contributed by atoms with Gasteiger partial charge in [0.05, 0.1) is 22.1 Å². The van der Waals surface area contributed by atoms with Gasteiger partial charge in [0.25, 0.3) is 5.91 Å². The van der Waals surface area contributed by atoms with Crippen LogP contribution in [0.3, 0.4) is 0 Å². The van der Waals surface area contributed by atoms with Crippen LogP contribution in [0.2, 0.25) is 5.15 Å². The number of aromatic nitrogens is 3. The van der Waals surface area contributed by atoms with Gasteiger partial charge in [0.2, 0.25) is 0 Å². The summed E-state index contributed by atoms with van der Waals surface area (Å²) in [5.41, 5.74) is 1.26. The van der Waals surface area contributed by atoms with Crippen LogP contribution >= 0.6 is 39.1 Å². The van der Waals surface area contributed by atoms with Gasteiger partial charge in [0, 0.05) is 0 Å². The number of halogens is 2. The molecule has 5 nitrogen and oxygen atoms in total. The highest BCUT2D eigenvalue weighted by Gasteiger charge is 2.19. The van der Waals surface area contributed by atoms with Crippen molar-refractivity contribution in [1.29, 1.82) is 0 Å². The van der Waals surface area contributed by atoms with Crippen LogP contribution in [0.25, 0.3) is 0 Å². The Kier molecular flexibility index (Phi) is 4.49. The largest absolute Gasteiger partial charge is 0.320 e. The summed E-state index contributed by atoms with van der Waals surface area (Å²) in [6.45, 7) is 3.93. The van der Waals surface area contributed by atoms with Crippen LogP contribution < -0.4 is 5.32 Å². The molecule has 0 aromatic carbocycles. The first-order valence-corrected chi connectivity index (χ1v) is 7.38. The van der Waals surface area contributed by atoms with Gasteiger partial charge in [-0.1, -0.05) is 29.9 Å². The number of amides is 1. The highest BCUT2D eigenvalue weighted by Crippen LogP contribution is 2.24. The molecule has 2 rings (SSSR count). The molecule has 0 fully saturated rings. The second-order valence-corrected chi connectivity index (χ2v) is 6.06. The molecule has 1 N–H and O–H groups in total. The molecule has 100 valence electrons. The van der Waals surface area contributed by atoms with Crippen LogP contribution in [0.1, 0.15) is 35.1 Å². The van der Waals surface area contributed by atoms with Crippen LogP contribution in [0.5, 0.6) is 0 Å². The second-order valence-electron chi connectivity index (χ2n) is 4.09. The van der Waals surface area contributed by atoms with E-state index in [0.29, 0.717) is 25.9 Å². The lowest BCUT2D eigenvalue weighted by Crippen LogP contribution is -2.13. The normalized spacial score (nSPS) is 10.8. The van der Waals surface area contributed by atoms with Gasteiger partial charge in [-0.05, 0) is 39.4 Å². The van der Waals surface area contributed by atoms with Crippen molar-refractivity contribution in [2.24, 2.45) is 0 Å². The Balaban J connectivity index is 2.21. The van der Waals surface area contributed by atoms with Gasteiger partial charge < -0.3 is 5.32 Å². The van der Waals surface area contributed by atoms with Gasteiger partial charge in [-0.15, -0.1) is 5.10 Å². The molecule has 0 aliphatic heterocycles. The van der Waals surface area contributed by atoms with Gasteiger partial charge in [-0.25, -0.2) is 4.98 Å². The van der Waals surface area contributed by atoms with Crippen LogP contribution in [-0.4, -0.2) is 20.5 Å². The van der Waals surface area contributed by atoms with Crippen LogP contribution in [0.15, 0.2) is 16.7 Å². The SMILES string of the molecule is CC(C)c1nnsc1C(=O)Nc1cnc(Cl)c(Br)c1. The van der Waals surface area contributed by atoms with Crippen molar-refractivity contribution in [3.63, 3.8) is 0 Å². The fraction of sp³-hybridized carbons (Fsp3) is 0.273. The van der Waals surface area contributed by atoms with Gasteiger partial charge in [0.15, 0.2) is 0 Å². The van der Waals surface area contributed by atoms with E-state index in [-0.39, 0.29) is 11.8 Å². The number of carbonyl (C=O) groups is 1. The molecule has 0 aliphatic carbocycles. The number of anilines is 1. The molecule has 0 aliphatic rings. The highest BCUT2D eigenvalue weighted by atomic mass is 79.9. The molecule has 19 heavy (non-hydrogen) atoms. The second kappa shape index (κ2) is 5.94. The number of carbonyl (C=O) groups excluding carboxylic acids is 1. The van der Waals surface area contributed by atoms with E-state index in [0.717, 1.165) is 11.5 Å². The Hall–Kier alpha value is -1.05. The van der Waals surface area contributed by atoms with E-state index in [9.17, 15) is 4.79 Å². The summed E-state index contributed by atoms with van der Waals surface area (Å²) in [6, 6.07) is 1.69. The van der Waals surface area contributed by atoms with Crippen molar-refractivity contribution in [2.75, 3.05) is 5.32 Å². The molecule has 0 radical (unpaired) electrons. The molecule has 0 unspecified atom stereocenters. The first-order chi connectivity index (χ1) is 8.99. The average molecular weight is 362 g/mol. The molecule has 0 saturated carbocycles. The van der Waals surface area contributed by atoms with Crippen LogP contribution in [0.4, 0.5) is 5.69 Å². The number of nitrogens with zero attached hydrogens (tertiary/aromatic N) is 3. The number of nitrogens with one attached hydrogen (secondary N) is 1. The van der Waals surface area contributed by atoms with E-state index < -0.39 is 0 Å². The third-order valence-electron chi connectivity index (χ3n) is 2.32. The molecule has 0 atom stereocenters. The minimum absolute atomic E-state index is 0.148. The fourth-order valence-corrected chi connectivity index (χ4v) is 2.58. The quantitative estimate of drug-likeness (QED) is 0.846. The molecule has 0 saturated heterocycles. The van der Waals surface area contributed by atoms with Crippen molar-refractivity contribution in [3.05, 3.63) is 32.5 Å². The van der Waals surface area contributed by atoms with E-state index in [1.165, 1.54) is 6.20 Å². The molecule has 2 heterocycles. The van der Waals surface area contributed by atoms with E-state index in [1.54, 1.807) is 6.07 Å². The molecule has 2 aromatic heterocycles. The van der Waals surface area contributed by atoms with Crippen molar-refractivity contribution < 1.29 is 4.79 Å². The van der Waals surface area contributed by atoms with Gasteiger partial charge in [0.1, 0.15) is 10.0 Å². The predicted octanol–water partition coefficient (Wildman–Crippen LogP) is 3.72. The Bertz CT molecular complexity index is 616. The first-order valence-electron chi connectivity index (χ1n) is 5.43. The lowest BCUT2D eigenvalue weighted by atomic mass is 10.1. The lowest BCUT2D eigenvalue weighted by molar-refractivity contribution is 0.102.